The molecule has 22 heavy (non-hydrogen) atoms. The van der Waals surface area contributed by atoms with E-state index in [1.54, 1.807) is 6.07 Å². The predicted octanol–water partition coefficient (Wildman–Crippen LogP) is 2.66. The summed E-state index contributed by atoms with van der Waals surface area (Å²) >= 11 is 6.00. The number of halogens is 1. The molecule has 0 unspecified atom stereocenters. The van der Waals surface area contributed by atoms with Gasteiger partial charge in [0, 0.05) is 6.61 Å². The molecule has 118 valence electrons. The smallest absolute Gasteiger partial charge is 0.335 e. The number of fused-ring (bicyclic) bond motifs is 1. The number of ether oxygens (including phenoxy) is 2. The van der Waals surface area contributed by atoms with Crippen LogP contribution in [0, 0.1) is 0 Å². The van der Waals surface area contributed by atoms with Crippen molar-refractivity contribution in [3.8, 4) is 5.75 Å². The van der Waals surface area contributed by atoms with Crippen LogP contribution < -0.4 is 4.74 Å². The van der Waals surface area contributed by atoms with Gasteiger partial charge in [-0.15, -0.1) is 11.6 Å². The van der Waals surface area contributed by atoms with Crippen molar-refractivity contribution in [2.24, 2.45) is 0 Å². The molecule has 1 aliphatic rings. The highest BCUT2D eigenvalue weighted by Crippen LogP contribution is 2.30. The second kappa shape index (κ2) is 6.14. The van der Waals surface area contributed by atoms with E-state index in [1.807, 2.05) is 11.5 Å². The Kier molecular flexibility index (Phi) is 4.22. The molecule has 7 heteroatoms. The Hall–Kier alpha value is -1.79. The molecule has 0 aliphatic carbocycles. The molecule has 1 atom stereocenters. The zero-order valence-corrected chi connectivity index (χ0v) is 13.0. The van der Waals surface area contributed by atoms with E-state index >= 15 is 0 Å². The van der Waals surface area contributed by atoms with Crippen molar-refractivity contribution in [1.29, 1.82) is 0 Å². The van der Waals surface area contributed by atoms with E-state index in [9.17, 15) is 9.90 Å². The summed E-state index contributed by atoms with van der Waals surface area (Å²) in [6.07, 6.45) is 1.11. The van der Waals surface area contributed by atoms with Crippen LogP contribution in [0.2, 0.25) is 0 Å². The van der Waals surface area contributed by atoms with Gasteiger partial charge in [0.2, 0.25) is 0 Å². The van der Waals surface area contributed by atoms with Gasteiger partial charge in [0.05, 0.1) is 36.2 Å². The number of aromatic carboxylic acids is 1. The number of carboxylic acid groups (broad SMARTS) is 1. The molecule has 2 aromatic rings. The highest BCUT2D eigenvalue weighted by molar-refractivity contribution is 6.17. The molecular formula is C15H17ClN2O4. The zero-order chi connectivity index (χ0) is 15.7. The van der Waals surface area contributed by atoms with Crippen molar-refractivity contribution in [3.63, 3.8) is 0 Å². The quantitative estimate of drug-likeness (QED) is 0.827. The third kappa shape index (κ3) is 2.64. The standard InChI is InChI=1S/C15H17ClN2O4/c1-2-21-12-6-9(15(19)20)5-11-14(12)17-13(7-16)18(11)8-10-3-4-22-10/h5-6,10H,2-4,7-8H2,1H3,(H,19,20)/t10-/m0/s1. The Labute approximate surface area is 132 Å². The fourth-order valence-electron chi connectivity index (χ4n) is 2.57. The molecule has 1 fully saturated rings. The predicted molar refractivity (Wildman–Crippen MR) is 81.8 cm³/mol. The van der Waals surface area contributed by atoms with Crippen molar-refractivity contribution in [1.82, 2.24) is 9.55 Å². The SMILES string of the molecule is CCOc1cc(C(=O)O)cc2c1nc(CCl)n2C[C@@H]1CCO1. The van der Waals surface area contributed by atoms with Crippen molar-refractivity contribution < 1.29 is 19.4 Å². The fourth-order valence-corrected chi connectivity index (χ4v) is 2.77. The molecule has 0 amide bonds. The van der Waals surface area contributed by atoms with E-state index in [2.05, 4.69) is 4.98 Å². The fraction of sp³-hybridized carbons (Fsp3) is 0.467. The molecule has 1 N–H and O–H groups in total. The van der Waals surface area contributed by atoms with E-state index in [1.165, 1.54) is 6.07 Å². The lowest BCUT2D eigenvalue weighted by Crippen LogP contribution is -2.31. The van der Waals surface area contributed by atoms with Gasteiger partial charge in [-0.3, -0.25) is 0 Å². The Morgan fingerprint density at radius 3 is 2.91 bits per heavy atom. The normalized spacial score (nSPS) is 17.5. The Balaban J connectivity index is 2.15. The third-order valence-corrected chi connectivity index (χ3v) is 3.98. The molecule has 0 radical (unpaired) electrons. The largest absolute Gasteiger partial charge is 0.492 e. The summed E-state index contributed by atoms with van der Waals surface area (Å²) in [6, 6.07) is 3.12. The van der Waals surface area contributed by atoms with Crippen LogP contribution in [0.4, 0.5) is 0 Å². The first-order chi connectivity index (χ1) is 10.6. The molecule has 3 rings (SSSR count). The van der Waals surface area contributed by atoms with Crippen LogP contribution in [-0.4, -0.2) is 39.9 Å². The number of aromatic nitrogens is 2. The van der Waals surface area contributed by atoms with Crippen molar-refractivity contribution in [3.05, 3.63) is 23.5 Å². The lowest BCUT2D eigenvalue weighted by atomic mass is 10.1. The van der Waals surface area contributed by atoms with Crippen LogP contribution in [-0.2, 0) is 17.2 Å². The maximum Gasteiger partial charge on any atom is 0.335 e. The Bertz CT molecular complexity index is 709. The Morgan fingerprint density at radius 2 is 2.36 bits per heavy atom. The molecule has 1 aromatic carbocycles. The number of hydrogen-bond acceptors (Lipinski definition) is 4. The van der Waals surface area contributed by atoms with Gasteiger partial charge < -0.3 is 19.1 Å². The number of hydrogen-bond donors (Lipinski definition) is 1. The number of imidazole rings is 1. The summed E-state index contributed by atoms with van der Waals surface area (Å²) in [5.74, 6) is 0.408. The lowest BCUT2D eigenvalue weighted by molar-refractivity contribution is -0.0589. The van der Waals surface area contributed by atoms with Crippen LogP contribution in [0.3, 0.4) is 0 Å². The molecule has 2 heterocycles. The number of benzene rings is 1. The topological polar surface area (TPSA) is 73.6 Å². The lowest BCUT2D eigenvalue weighted by Gasteiger charge is -2.27. The number of carboxylic acids is 1. The minimum atomic E-state index is -0.997. The maximum atomic E-state index is 11.3. The van der Waals surface area contributed by atoms with E-state index in [0.717, 1.165) is 18.5 Å². The second-order valence-corrected chi connectivity index (χ2v) is 5.40. The minimum Gasteiger partial charge on any atom is -0.492 e. The van der Waals surface area contributed by atoms with Gasteiger partial charge in [-0.2, -0.15) is 0 Å². The van der Waals surface area contributed by atoms with Gasteiger partial charge >= 0.3 is 5.97 Å². The molecule has 0 spiro atoms. The molecule has 0 saturated carbocycles. The summed E-state index contributed by atoms with van der Waals surface area (Å²) < 4.78 is 13.0. The first-order valence-electron chi connectivity index (χ1n) is 7.20. The van der Waals surface area contributed by atoms with Crippen LogP contribution in [0.25, 0.3) is 11.0 Å². The molecule has 0 bridgehead atoms. The van der Waals surface area contributed by atoms with Crippen LogP contribution in [0.1, 0.15) is 29.5 Å². The van der Waals surface area contributed by atoms with Gasteiger partial charge in [0.25, 0.3) is 0 Å². The number of alkyl halides is 1. The summed E-state index contributed by atoms with van der Waals surface area (Å²) in [4.78, 5) is 15.9. The van der Waals surface area contributed by atoms with Crippen LogP contribution in [0.15, 0.2) is 12.1 Å². The van der Waals surface area contributed by atoms with Gasteiger partial charge in [0.1, 0.15) is 17.1 Å². The summed E-state index contributed by atoms with van der Waals surface area (Å²) in [5, 5.41) is 9.30. The van der Waals surface area contributed by atoms with E-state index in [4.69, 9.17) is 21.1 Å². The average molecular weight is 325 g/mol. The number of carbonyl (C=O) groups is 1. The molecule has 6 nitrogen and oxygen atoms in total. The molecule has 1 aliphatic heterocycles. The molecular weight excluding hydrogens is 308 g/mol. The van der Waals surface area contributed by atoms with Crippen molar-refractivity contribution >= 4 is 28.6 Å². The molecule has 1 saturated heterocycles. The van der Waals surface area contributed by atoms with Gasteiger partial charge in [-0.1, -0.05) is 0 Å². The van der Waals surface area contributed by atoms with Gasteiger partial charge in [-0.25, -0.2) is 9.78 Å². The summed E-state index contributed by atoms with van der Waals surface area (Å²) in [5.41, 5.74) is 1.53. The number of nitrogens with zero attached hydrogens (tertiary/aromatic N) is 2. The monoisotopic (exact) mass is 324 g/mol. The maximum absolute atomic E-state index is 11.3. The summed E-state index contributed by atoms with van der Waals surface area (Å²) in [6.45, 7) is 3.67. The van der Waals surface area contributed by atoms with Crippen LogP contribution in [0.5, 0.6) is 5.75 Å². The van der Waals surface area contributed by atoms with Crippen molar-refractivity contribution in [2.45, 2.75) is 31.9 Å². The average Bonchev–Trinajstić information content (AvgIpc) is 2.81. The van der Waals surface area contributed by atoms with E-state index in [0.29, 0.717) is 30.2 Å². The summed E-state index contributed by atoms with van der Waals surface area (Å²) in [7, 11) is 0. The number of rotatable bonds is 6. The second-order valence-electron chi connectivity index (χ2n) is 5.13. The third-order valence-electron chi connectivity index (χ3n) is 3.74. The van der Waals surface area contributed by atoms with E-state index in [-0.39, 0.29) is 17.5 Å². The zero-order valence-electron chi connectivity index (χ0n) is 12.2. The Morgan fingerprint density at radius 1 is 1.59 bits per heavy atom. The van der Waals surface area contributed by atoms with Crippen LogP contribution >= 0.6 is 11.6 Å². The first kappa shape index (κ1) is 15.1. The highest BCUT2D eigenvalue weighted by Gasteiger charge is 2.23. The molecule has 1 aromatic heterocycles. The van der Waals surface area contributed by atoms with E-state index < -0.39 is 5.97 Å². The van der Waals surface area contributed by atoms with Gasteiger partial charge in [-0.05, 0) is 25.5 Å². The van der Waals surface area contributed by atoms with Crippen molar-refractivity contribution in [2.75, 3.05) is 13.2 Å². The first-order valence-corrected chi connectivity index (χ1v) is 7.74. The minimum absolute atomic E-state index is 0.128. The highest BCUT2D eigenvalue weighted by atomic mass is 35.5. The van der Waals surface area contributed by atoms with Gasteiger partial charge in [0.15, 0.2) is 0 Å².